The lowest BCUT2D eigenvalue weighted by Gasteiger charge is -2.21. The van der Waals surface area contributed by atoms with Crippen molar-refractivity contribution in [2.24, 2.45) is 0 Å². The van der Waals surface area contributed by atoms with Gasteiger partial charge in [0.1, 0.15) is 0 Å². The number of hydrogen-bond acceptors (Lipinski definition) is 1. The van der Waals surface area contributed by atoms with Gasteiger partial charge in [-0.05, 0) is 30.7 Å². The van der Waals surface area contributed by atoms with Crippen molar-refractivity contribution < 1.29 is 0 Å². The zero-order valence-corrected chi connectivity index (χ0v) is 13.2. The molecular formula is C13H18BrCl2N. The molecule has 0 spiro atoms. The molecule has 0 radical (unpaired) electrons. The molecule has 1 aromatic carbocycles. The minimum Gasteiger partial charge on any atom is -0.298 e. The first-order chi connectivity index (χ1) is 8.17. The van der Waals surface area contributed by atoms with E-state index in [1.807, 2.05) is 18.2 Å². The SMILES string of the molecule is CCCCN(CCBr)Cc1ccc(Cl)c(Cl)c1. The van der Waals surface area contributed by atoms with Crippen LogP contribution in [0.3, 0.4) is 0 Å². The Kier molecular flexibility index (Phi) is 7.52. The summed E-state index contributed by atoms with van der Waals surface area (Å²) < 4.78 is 0. The zero-order valence-electron chi connectivity index (χ0n) is 10.1. The van der Waals surface area contributed by atoms with Crippen molar-refractivity contribution in [3.05, 3.63) is 33.8 Å². The third-order valence-corrected chi connectivity index (χ3v) is 3.71. The molecule has 0 heterocycles. The van der Waals surface area contributed by atoms with Crippen molar-refractivity contribution >= 4 is 39.1 Å². The second-order valence-corrected chi connectivity index (χ2v) is 5.67. The number of benzene rings is 1. The van der Waals surface area contributed by atoms with Crippen LogP contribution in [0.5, 0.6) is 0 Å². The Morgan fingerprint density at radius 3 is 2.53 bits per heavy atom. The molecule has 0 amide bonds. The number of nitrogens with zero attached hydrogens (tertiary/aromatic N) is 1. The number of halogens is 3. The molecule has 1 nitrogen and oxygen atoms in total. The van der Waals surface area contributed by atoms with E-state index < -0.39 is 0 Å². The first kappa shape index (κ1) is 15.3. The van der Waals surface area contributed by atoms with Crippen LogP contribution in [0.15, 0.2) is 18.2 Å². The summed E-state index contributed by atoms with van der Waals surface area (Å²) in [5, 5.41) is 2.26. The standard InChI is InChI=1S/C13H18BrCl2N/c1-2-3-7-17(8-6-14)10-11-4-5-12(15)13(16)9-11/h4-5,9H,2-3,6-8,10H2,1H3. The van der Waals surface area contributed by atoms with E-state index in [0.29, 0.717) is 10.0 Å². The second-order valence-electron chi connectivity index (χ2n) is 4.07. The van der Waals surface area contributed by atoms with Crippen LogP contribution >= 0.6 is 39.1 Å². The summed E-state index contributed by atoms with van der Waals surface area (Å²) in [4.78, 5) is 2.43. The monoisotopic (exact) mass is 337 g/mol. The lowest BCUT2D eigenvalue weighted by atomic mass is 10.2. The summed E-state index contributed by atoms with van der Waals surface area (Å²) in [7, 11) is 0. The smallest absolute Gasteiger partial charge is 0.0595 e. The molecule has 0 aliphatic carbocycles. The third-order valence-electron chi connectivity index (χ3n) is 2.62. The van der Waals surface area contributed by atoms with Gasteiger partial charge >= 0.3 is 0 Å². The number of alkyl halides is 1. The van der Waals surface area contributed by atoms with E-state index in [0.717, 1.165) is 25.0 Å². The molecular weight excluding hydrogens is 321 g/mol. The van der Waals surface area contributed by atoms with Crippen molar-refractivity contribution in [3.63, 3.8) is 0 Å². The zero-order chi connectivity index (χ0) is 12.7. The van der Waals surface area contributed by atoms with Gasteiger partial charge in [-0.1, -0.05) is 58.5 Å². The van der Waals surface area contributed by atoms with Gasteiger partial charge in [-0.3, -0.25) is 4.90 Å². The molecule has 0 unspecified atom stereocenters. The Morgan fingerprint density at radius 1 is 1.18 bits per heavy atom. The lowest BCUT2D eigenvalue weighted by molar-refractivity contribution is 0.278. The van der Waals surface area contributed by atoms with Gasteiger partial charge in [0.15, 0.2) is 0 Å². The van der Waals surface area contributed by atoms with E-state index in [1.165, 1.54) is 18.4 Å². The van der Waals surface area contributed by atoms with E-state index in [9.17, 15) is 0 Å². The first-order valence-corrected chi connectivity index (χ1v) is 7.77. The fourth-order valence-corrected chi connectivity index (χ4v) is 2.49. The van der Waals surface area contributed by atoms with Gasteiger partial charge < -0.3 is 0 Å². The van der Waals surface area contributed by atoms with Crippen LogP contribution in [0.2, 0.25) is 10.0 Å². The van der Waals surface area contributed by atoms with Gasteiger partial charge in [-0.15, -0.1) is 0 Å². The lowest BCUT2D eigenvalue weighted by Crippen LogP contribution is -2.26. The summed E-state index contributed by atoms with van der Waals surface area (Å²) in [6.07, 6.45) is 2.45. The average Bonchev–Trinajstić information content (AvgIpc) is 2.31. The van der Waals surface area contributed by atoms with Crippen LogP contribution in [0.1, 0.15) is 25.3 Å². The maximum Gasteiger partial charge on any atom is 0.0595 e. The van der Waals surface area contributed by atoms with Gasteiger partial charge in [-0.2, -0.15) is 0 Å². The Hall–Kier alpha value is 0.240. The normalized spacial score (nSPS) is 11.1. The molecule has 0 aliphatic rings. The Bertz CT molecular complexity index is 344. The van der Waals surface area contributed by atoms with Crippen molar-refractivity contribution in [2.75, 3.05) is 18.4 Å². The molecule has 0 saturated carbocycles. The Labute approximate surface area is 122 Å². The van der Waals surface area contributed by atoms with Crippen molar-refractivity contribution in [3.8, 4) is 0 Å². The van der Waals surface area contributed by atoms with Crippen LogP contribution in [0.25, 0.3) is 0 Å². The number of unbranched alkanes of at least 4 members (excludes halogenated alkanes) is 1. The van der Waals surface area contributed by atoms with E-state index in [1.54, 1.807) is 0 Å². The largest absolute Gasteiger partial charge is 0.298 e. The fraction of sp³-hybridized carbons (Fsp3) is 0.538. The van der Waals surface area contributed by atoms with Gasteiger partial charge in [0, 0.05) is 18.4 Å². The topological polar surface area (TPSA) is 3.24 Å². The summed E-state index contributed by atoms with van der Waals surface area (Å²) in [6.45, 7) is 5.33. The number of rotatable bonds is 7. The van der Waals surface area contributed by atoms with Crippen LogP contribution in [-0.4, -0.2) is 23.3 Å². The molecule has 0 aliphatic heterocycles. The van der Waals surface area contributed by atoms with E-state index >= 15 is 0 Å². The van der Waals surface area contributed by atoms with E-state index in [2.05, 4.69) is 27.8 Å². The summed E-state index contributed by atoms with van der Waals surface area (Å²) >= 11 is 15.4. The molecule has 0 atom stereocenters. The summed E-state index contributed by atoms with van der Waals surface area (Å²) in [5.41, 5.74) is 1.22. The molecule has 0 saturated heterocycles. The van der Waals surface area contributed by atoms with E-state index in [-0.39, 0.29) is 0 Å². The van der Waals surface area contributed by atoms with Gasteiger partial charge in [0.2, 0.25) is 0 Å². The summed E-state index contributed by atoms with van der Waals surface area (Å²) in [6, 6.07) is 5.86. The minimum atomic E-state index is 0.621. The molecule has 0 aromatic heterocycles. The Balaban J connectivity index is 2.61. The average molecular weight is 339 g/mol. The molecule has 1 aromatic rings. The number of hydrogen-bond donors (Lipinski definition) is 0. The van der Waals surface area contributed by atoms with Crippen LogP contribution in [0.4, 0.5) is 0 Å². The van der Waals surface area contributed by atoms with Crippen LogP contribution in [-0.2, 0) is 6.54 Å². The molecule has 1 rings (SSSR count). The highest BCUT2D eigenvalue weighted by molar-refractivity contribution is 9.09. The van der Waals surface area contributed by atoms with Crippen molar-refractivity contribution in [2.45, 2.75) is 26.3 Å². The van der Waals surface area contributed by atoms with Gasteiger partial charge in [-0.25, -0.2) is 0 Å². The predicted octanol–water partition coefficient (Wildman–Crippen LogP) is 4.99. The maximum atomic E-state index is 6.02. The highest BCUT2D eigenvalue weighted by atomic mass is 79.9. The van der Waals surface area contributed by atoms with E-state index in [4.69, 9.17) is 23.2 Å². The van der Waals surface area contributed by atoms with Gasteiger partial charge in [0.25, 0.3) is 0 Å². The molecule has 96 valence electrons. The van der Waals surface area contributed by atoms with Crippen molar-refractivity contribution in [1.82, 2.24) is 4.90 Å². The molecule has 0 bridgehead atoms. The van der Waals surface area contributed by atoms with Crippen LogP contribution in [0, 0.1) is 0 Å². The molecule has 17 heavy (non-hydrogen) atoms. The van der Waals surface area contributed by atoms with Gasteiger partial charge in [0.05, 0.1) is 10.0 Å². The molecule has 0 N–H and O–H groups in total. The molecule has 4 heteroatoms. The highest BCUT2D eigenvalue weighted by Gasteiger charge is 2.06. The Morgan fingerprint density at radius 2 is 1.94 bits per heavy atom. The van der Waals surface area contributed by atoms with Crippen LogP contribution < -0.4 is 0 Å². The minimum absolute atomic E-state index is 0.621. The summed E-state index contributed by atoms with van der Waals surface area (Å²) in [5.74, 6) is 0. The molecule has 0 fully saturated rings. The predicted molar refractivity (Wildman–Crippen MR) is 80.4 cm³/mol. The maximum absolute atomic E-state index is 6.02. The highest BCUT2D eigenvalue weighted by Crippen LogP contribution is 2.23. The third kappa shape index (κ3) is 5.60. The quantitative estimate of drug-likeness (QED) is 0.633. The first-order valence-electron chi connectivity index (χ1n) is 5.89. The fourth-order valence-electron chi connectivity index (χ4n) is 1.67. The van der Waals surface area contributed by atoms with Crippen molar-refractivity contribution in [1.29, 1.82) is 0 Å². The second kappa shape index (κ2) is 8.36.